The van der Waals surface area contributed by atoms with E-state index in [1.54, 1.807) is 19.1 Å². The van der Waals surface area contributed by atoms with Gasteiger partial charge in [0, 0.05) is 46.4 Å². The molecule has 8 bridgehead atoms. The normalized spacial score (nSPS) is 21.3. The third-order valence-corrected chi connectivity index (χ3v) is 13.6. The Morgan fingerprint density at radius 3 is 2.15 bits per heavy atom. The van der Waals surface area contributed by atoms with Gasteiger partial charge in [0.25, 0.3) is 0 Å². The summed E-state index contributed by atoms with van der Waals surface area (Å²) in [6, 6.07) is 0. The molecule has 0 saturated carbocycles. The molecule has 11 nitrogen and oxygen atoms in total. The smallest absolute Gasteiger partial charge is 0.338 e. The Labute approximate surface area is 386 Å². The van der Waals surface area contributed by atoms with Gasteiger partial charge in [0.05, 0.1) is 52.5 Å². The molecule has 0 amide bonds. The number of hydrogen-bond donors (Lipinski definition) is 4. The van der Waals surface area contributed by atoms with Crippen LogP contribution in [0.15, 0.2) is 131 Å². The topological polar surface area (TPSA) is 170 Å². The molecule has 4 N–H and O–H groups in total. The number of aliphatic imine (C=N–C) groups is 3. The highest BCUT2D eigenvalue weighted by Gasteiger charge is 2.40. The molecule has 5 aliphatic rings. The Morgan fingerprint density at radius 2 is 1.54 bits per heavy atom. The predicted octanol–water partition coefficient (Wildman–Crippen LogP) is 12.3. The first-order chi connectivity index (χ1) is 31.0. The number of ether oxygens (including phenoxy) is 1. The number of rotatable bonds is 22. The molecular formula is C54H72N4O7. The van der Waals surface area contributed by atoms with Crippen molar-refractivity contribution in [2.24, 2.45) is 44.6 Å². The number of carbonyl (C=O) groups excluding carboxylic acids is 1. The predicted molar refractivity (Wildman–Crippen MR) is 262 cm³/mol. The van der Waals surface area contributed by atoms with Crippen LogP contribution in [0.5, 0.6) is 0 Å². The SMILES string of the molecule is C=CC1=C(C)C2=NC1=CC1=NC(=C(CC)/C1=C\O)C=C1N=C(C(CC(=O)O)=C3NC(=C2)[C@@H](C)[C@@H]3CCC(=O)OC/C=C(\C)CCC[C@H](C)CCC[C@H](C)CCCC(C)C)C(C(=O)O)=C1C. The molecule has 0 radical (unpaired) electrons. The Bertz CT molecular complexity index is 2300. The summed E-state index contributed by atoms with van der Waals surface area (Å²) in [6.07, 6.45) is 21.6. The van der Waals surface area contributed by atoms with Crippen molar-refractivity contribution in [3.63, 3.8) is 0 Å². The summed E-state index contributed by atoms with van der Waals surface area (Å²) in [5.41, 5.74) is 8.39. The summed E-state index contributed by atoms with van der Waals surface area (Å²) in [5, 5.41) is 34.9. The quantitative estimate of drug-likeness (QED) is 0.0473. The first-order valence-electron chi connectivity index (χ1n) is 23.8. The fourth-order valence-electron chi connectivity index (χ4n) is 9.58. The van der Waals surface area contributed by atoms with E-state index in [2.05, 4.69) is 46.5 Å². The van der Waals surface area contributed by atoms with Crippen LogP contribution in [-0.2, 0) is 19.1 Å². The molecule has 0 unspecified atom stereocenters. The van der Waals surface area contributed by atoms with Gasteiger partial charge in [-0.15, -0.1) is 0 Å². The van der Waals surface area contributed by atoms with Crippen LogP contribution >= 0.6 is 0 Å². The monoisotopic (exact) mass is 889 g/mol. The van der Waals surface area contributed by atoms with E-state index < -0.39 is 24.3 Å². The second-order valence-corrected chi connectivity index (χ2v) is 19.0. The number of nitrogens with zero attached hydrogens (tertiary/aromatic N) is 3. The number of carbonyl (C=O) groups is 3. The lowest BCUT2D eigenvalue weighted by Gasteiger charge is -2.19. The summed E-state index contributed by atoms with van der Waals surface area (Å²) in [6.45, 7) is 23.2. The van der Waals surface area contributed by atoms with Gasteiger partial charge in [-0.2, -0.15) is 0 Å². The van der Waals surface area contributed by atoms with E-state index >= 15 is 0 Å². The van der Waals surface area contributed by atoms with Crippen molar-refractivity contribution < 1.29 is 34.4 Å². The van der Waals surface area contributed by atoms with Gasteiger partial charge in [0.1, 0.15) is 6.61 Å². The van der Waals surface area contributed by atoms with Crippen molar-refractivity contribution in [2.75, 3.05) is 6.61 Å². The van der Waals surface area contributed by atoms with Crippen LogP contribution < -0.4 is 5.32 Å². The molecule has 0 spiro atoms. The first kappa shape index (κ1) is 50.4. The standard InChI is InChI=1S/C54H72N4O7/c1-11-38-35(8)43-27-44-36(9)40(22-23-50(62)65-25-24-34(7)21-15-20-33(6)19-14-18-32(5)17-13-16-31(3)4)52(57-44)41(26-49(60)61)53-51(54(63)64)37(10)45(58-53)28-47-39(12-2)42(30-59)48(56-47)29-46(38)55-43/h11,24,27-33,36,40,57,59H,1,12-23,25-26H2,2-10H3,(H,60,61)(H,63,64)/b34-24+,42-30+,44-27?,45-28?,46-29?,52-41?/t32-,33-,36+,40+/m1/s1. The minimum Gasteiger partial charge on any atom is -0.515 e. The van der Waals surface area contributed by atoms with E-state index in [0.717, 1.165) is 53.4 Å². The Morgan fingerprint density at radius 1 is 0.862 bits per heavy atom. The zero-order chi connectivity index (χ0) is 47.5. The van der Waals surface area contributed by atoms with E-state index in [0.29, 0.717) is 64.1 Å². The molecular weight excluding hydrogens is 817 g/mol. The molecule has 65 heavy (non-hydrogen) atoms. The Kier molecular flexibility index (Phi) is 17.9. The number of aliphatic carboxylic acids is 2. The van der Waals surface area contributed by atoms with Crippen LogP contribution in [0, 0.1) is 29.6 Å². The van der Waals surface area contributed by atoms with Gasteiger partial charge < -0.3 is 25.4 Å². The van der Waals surface area contributed by atoms with Gasteiger partial charge in [0.2, 0.25) is 0 Å². The highest BCUT2D eigenvalue weighted by molar-refractivity contribution is 6.30. The lowest BCUT2D eigenvalue weighted by atomic mass is 9.84. The molecule has 0 aromatic carbocycles. The maximum Gasteiger partial charge on any atom is 0.338 e. The molecule has 0 aromatic heterocycles. The number of aliphatic hydroxyl groups is 1. The van der Waals surface area contributed by atoms with Gasteiger partial charge in [-0.1, -0.05) is 105 Å². The number of fused-ring (bicyclic) bond motifs is 5. The van der Waals surface area contributed by atoms with Gasteiger partial charge in [0.15, 0.2) is 0 Å². The Balaban J connectivity index is 1.37. The molecule has 5 heterocycles. The number of hydrogen-bond acceptors (Lipinski definition) is 9. The second kappa shape index (κ2) is 23.0. The van der Waals surface area contributed by atoms with Crippen molar-refractivity contribution in [2.45, 2.75) is 146 Å². The van der Waals surface area contributed by atoms with Crippen molar-refractivity contribution in [1.29, 1.82) is 0 Å². The summed E-state index contributed by atoms with van der Waals surface area (Å²) >= 11 is 0. The summed E-state index contributed by atoms with van der Waals surface area (Å²) in [4.78, 5) is 53.7. The lowest BCUT2D eigenvalue weighted by Crippen LogP contribution is -2.22. The molecule has 0 aromatic rings. The maximum absolute atomic E-state index is 13.4. The fraction of sp³-hybridized carbons (Fsp3) is 0.519. The third-order valence-electron chi connectivity index (χ3n) is 13.6. The molecule has 5 rings (SSSR count). The minimum atomic E-state index is -1.25. The Hall–Kier alpha value is -5.58. The molecule has 11 heteroatoms. The zero-order valence-corrected chi connectivity index (χ0v) is 40.3. The number of carboxylic acids is 2. The van der Waals surface area contributed by atoms with E-state index in [9.17, 15) is 29.7 Å². The highest BCUT2D eigenvalue weighted by atomic mass is 16.5. The average Bonchev–Trinajstić information content (AvgIpc) is 3.94. The number of esters is 1. The van der Waals surface area contributed by atoms with Crippen molar-refractivity contribution in [3.05, 3.63) is 116 Å². The summed E-state index contributed by atoms with van der Waals surface area (Å²) < 4.78 is 5.72. The second-order valence-electron chi connectivity index (χ2n) is 19.0. The van der Waals surface area contributed by atoms with Gasteiger partial charge >= 0.3 is 17.9 Å². The van der Waals surface area contributed by atoms with E-state index in [1.165, 1.54) is 50.5 Å². The number of aliphatic hydroxyl groups excluding tert-OH is 1. The highest BCUT2D eigenvalue weighted by Crippen LogP contribution is 2.43. The van der Waals surface area contributed by atoms with Crippen molar-refractivity contribution >= 4 is 35.0 Å². The third kappa shape index (κ3) is 12.6. The molecule has 5 aliphatic heterocycles. The van der Waals surface area contributed by atoms with Crippen LogP contribution in [0.2, 0.25) is 0 Å². The van der Waals surface area contributed by atoms with Crippen LogP contribution in [0.25, 0.3) is 0 Å². The van der Waals surface area contributed by atoms with Crippen molar-refractivity contribution in [1.82, 2.24) is 5.32 Å². The average molecular weight is 889 g/mol. The largest absolute Gasteiger partial charge is 0.515 e. The lowest BCUT2D eigenvalue weighted by molar-refractivity contribution is -0.142. The fourth-order valence-corrected chi connectivity index (χ4v) is 9.58. The number of allylic oxidation sites excluding steroid dienone is 11. The van der Waals surface area contributed by atoms with Gasteiger partial charge in [-0.05, 0) is 105 Å². The molecule has 4 atom stereocenters. The molecule has 1 fully saturated rings. The van der Waals surface area contributed by atoms with Gasteiger partial charge in [-0.3, -0.25) is 9.59 Å². The van der Waals surface area contributed by atoms with Crippen LogP contribution in [0.3, 0.4) is 0 Å². The van der Waals surface area contributed by atoms with Crippen molar-refractivity contribution in [3.8, 4) is 0 Å². The number of nitrogens with one attached hydrogen (secondary N) is 1. The first-order valence-corrected chi connectivity index (χ1v) is 23.8. The van der Waals surface area contributed by atoms with Crippen LogP contribution in [0.1, 0.15) is 146 Å². The van der Waals surface area contributed by atoms with E-state index in [4.69, 9.17) is 19.7 Å². The molecule has 1 saturated heterocycles. The van der Waals surface area contributed by atoms with Crippen LogP contribution in [0.4, 0.5) is 0 Å². The minimum absolute atomic E-state index is 0.0422. The number of carboxylic acid groups (broad SMARTS) is 2. The van der Waals surface area contributed by atoms with Crippen LogP contribution in [-0.4, -0.2) is 57.0 Å². The van der Waals surface area contributed by atoms with E-state index in [-0.39, 0.29) is 41.8 Å². The summed E-state index contributed by atoms with van der Waals surface area (Å²) in [5.74, 6) is -1.18. The molecule has 350 valence electrons. The maximum atomic E-state index is 13.4. The van der Waals surface area contributed by atoms with Gasteiger partial charge in [-0.25, -0.2) is 19.8 Å². The zero-order valence-electron chi connectivity index (χ0n) is 40.3. The summed E-state index contributed by atoms with van der Waals surface area (Å²) in [7, 11) is 0. The van der Waals surface area contributed by atoms with E-state index in [1.807, 2.05) is 39.0 Å². The molecule has 0 aliphatic carbocycles.